The lowest BCUT2D eigenvalue weighted by atomic mass is 10.0. The van der Waals surface area contributed by atoms with Gasteiger partial charge in [0.2, 0.25) is 5.91 Å². The third-order valence-electron chi connectivity index (χ3n) is 3.44. The number of hydrogen-bond donors (Lipinski definition) is 2. The minimum Gasteiger partial charge on any atom is -0.481 e. The summed E-state index contributed by atoms with van der Waals surface area (Å²) >= 11 is 0. The van der Waals surface area contributed by atoms with Crippen molar-refractivity contribution in [2.45, 2.75) is 18.9 Å². The smallest absolute Gasteiger partial charge is 0.308 e. The lowest BCUT2D eigenvalue weighted by Gasteiger charge is -2.27. The average molecular weight is 277 g/mol. The van der Waals surface area contributed by atoms with Crippen LogP contribution in [0, 0.1) is 5.92 Å². The van der Waals surface area contributed by atoms with Crippen molar-refractivity contribution in [3.05, 3.63) is 35.9 Å². The van der Waals surface area contributed by atoms with Crippen LogP contribution in [0.1, 0.15) is 24.4 Å². The predicted molar refractivity (Wildman–Crippen MR) is 68.9 cm³/mol. The van der Waals surface area contributed by atoms with Crippen LogP contribution < -0.4 is 0 Å². The largest absolute Gasteiger partial charge is 0.481 e. The molecule has 1 heterocycles. The topological polar surface area (TPSA) is 94.9 Å². The van der Waals surface area contributed by atoms with Crippen molar-refractivity contribution in [1.82, 2.24) is 4.90 Å². The molecular formula is C14H15NO5. The SMILES string of the molecule is O=C(O)CC(c1ccccc1)N1CC(C(=O)O)CC1=O. The maximum Gasteiger partial charge on any atom is 0.308 e. The average Bonchev–Trinajstić information content (AvgIpc) is 2.79. The van der Waals surface area contributed by atoms with E-state index >= 15 is 0 Å². The quantitative estimate of drug-likeness (QED) is 0.841. The number of likely N-dealkylation sites (tertiary alicyclic amines) is 1. The maximum atomic E-state index is 12.0. The van der Waals surface area contributed by atoms with Crippen LogP contribution in [0.25, 0.3) is 0 Å². The van der Waals surface area contributed by atoms with E-state index in [1.54, 1.807) is 30.3 Å². The lowest BCUT2D eigenvalue weighted by molar-refractivity contribution is -0.141. The molecule has 0 aromatic heterocycles. The van der Waals surface area contributed by atoms with Gasteiger partial charge in [-0.05, 0) is 5.56 Å². The summed E-state index contributed by atoms with van der Waals surface area (Å²) in [6.45, 7) is 0.0566. The zero-order valence-corrected chi connectivity index (χ0v) is 10.7. The first-order valence-corrected chi connectivity index (χ1v) is 6.28. The van der Waals surface area contributed by atoms with Gasteiger partial charge in [-0.3, -0.25) is 14.4 Å². The molecule has 1 amide bonds. The number of amides is 1. The molecule has 2 rings (SSSR count). The van der Waals surface area contributed by atoms with Crippen LogP contribution in [-0.2, 0) is 14.4 Å². The molecule has 0 bridgehead atoms. The van der Waals surface area contributed by atoms with Crippen molar-refractivity contribution in [2.75, 3.05) is 6.54 Å². The van der Waals surface area contributed by atoms with E-state index in [1.807, 2.05) is 0 Å². The predicted octanol–water partition coefficient (Wildman–Crippen LogP) is 1.14. The van der Waals surface area contributed by atoms with Crippen LogP contribution in [-0.4, -0.2) is 39.5 Å². The summed E-state index contributed by atoms with van der Waals surface area (Å²) in [5, 5.41) is 18.0. The van der Waals surface area contributed by atoms with E-state index in [0.717, 1.165) is 0 Å². The molecule has 2 atom stereocenters. The minimum atomic E-state index is -1.03. The van der Waals surface area contributed by atoms with Gasteiger partial charge in [-0.1, -0.05) is 30.3 Å². The summed E-state index contributed by atoms with van der Waals surface area (Å²) in [5.41, 5.74) is 0.703. The standard InChI is InChI=1S/C14H15NO5/c16-12-6-10(14(19)20)8-15(12)11(7-13(17)18)9-4-2-1-3-5-9/h1-5,10-11H,6-8H2,(H,17,18)(H,19,20). The van der Waals surface area contributed by atoms with Crippen molar-refractivity contribution < 1.29 is 24.6 Å². The van der Waals surface area contributed by atoms with Gasteiger partial charge < -0.3 is 15.1 Å². The number of carbonyl (C=O) groups excluding carboxylic acids is 1. The van der Waals surface area contributed by atoms with Gasteiger partial charge in [0.15, 0.2) is 0 Å². The summed E-state index contributed by atoms with van der Waals surface area (Å²) in [4.78, 5) is 35.3. The molecule has 0 saturated carbocycles. The Balaban J connectivity index is 2.26. The highest BCUT2D eigenvalue weighted by atomic mass is 16.4. The number of carboxylic acids is 2. The van der Waals surface area contributed by atoms with Crippen LogP contribution in [0.2, 0.25) is 0 Å². The van der Waals surface area contributed by atoms with E-state index in [0.29, 0.717) is 5.56 Å². The number of hydrogen-bond acceptors (Lipinski definition) is 3. The number of rotatable bonds is 5. The zero-order valence-electron chi connectivity index (χ0n) is 10.7. The molecule has 20 heavy (non-hydrogen) atoms. The highest BCUT2D eigenvalue weighted by Crippen LogP contribution is 2.31. The Kier molecular flexibility index (Phi) is 4.02. The van der Waals surface area contributed by atoms with E-state index in [4.69, 9.17) is 10.2 Å². The van der Waals surface area contributed by atoms with E-state index in [-0.39, 0.29) is 25.3 Å². The summed E-state index contributed by atoms with van der Waals surface area (Å²) in [7, 11) is 0. The Bertz CT molecular complexity index is 528. The molecule has 0 radical (unpaired) electrons. The molecule has 6 nitrogen and oxygen atoms in total. The van der Waals surface area contributed by atoms with Gasteiger partial charge in [-0.25, -0.2) is 0 Å². The fourth-order valence-electron chi connectivity index (χ4n) is 2.45. The van der Waals surface area contributed by atoms with Crippen LogP contribution in [0.15, 0.2) is 30.3 Å². The number of aliphatic carboxylic acids is 2. The van der Waals surface area contributed by atoms with Gasteiger partial charge in [0.1, 0.15) is 0 Å². The first kappa shape index (κ1) is 14.0. The van der Waals surface area contributed by atoms with Crippen LogP contribution in [0.4, 0.5) is 0 Å². The van der Waals surface area contributed by atoms with Crippen LogP contribution in [0.5, 0.6) is 0 Å². The van der Waals surface area contributed by atoms with Crippen molar-refractivity contribution >= 4 is 17.8 Å². The zero-order chi connectivity index (χ0) is 14.7. The summed E-state index contributed by atoms with van der Waals surface area (Å²) in [6.07, 6.45) is -0.305. The first-order valence-electron chi connectivity index (χ1n) is 6.28. The molecule has 106 valence electrons. The highest BCUT2D eigenvalue weighted by molar-refractivity contribution is 5.86. The molecule has 2 unspecified atom stereocenters. The first-order chi connectivity index (χ1) is 9.49. The number of carbonyl (C=O) groups is 3. The summed E-state index contributed by atoms with van der Waals surface area (Å²) in [5.74, 6) is -3.12. The molecule has 1 aromatic rings. The Hall–Kier alpha value is -2.37. The van der Waals surface area contributed by atoms with Gasteiger partial charge in [0, 0.05) is 13.0 Å². The Morgan fingerprint density at radius 3 is 2.40 bits per heavy atom. The molecule has 2 N–H and O–H groups in total. The van der Waals surface area contributed by atoms with Gasteiger partial charge >= 0.3 is 11.9 Å². The third kappa shape index (κ3) is 2.96. The lowest BCUT2D eigenvalue weighted by Crippen LogP contribution is -2.32. The normalized spacial score (nSPS) is 19.9. The molecule has 0 aliphatic carbocycles. The van der Waals surface area contributed by atoms with Gasteiger partial charge in [-0.2, -0.15) is 0 Å². The Morgan fingerprint density at radius 2 is 1.90 bits per heavy atom. The monoisotopic (exact) mass is 277 g/mol. The number of benzene rings is 1. The van der Waals surface area contributed by atoms with Crippen molar-refractivity contribution in [2.24, 2.45) is 5.92 Å². The van der Waals surface area contributed by atoms with Crippen LogP contribution in [0.3, 0.4) is 0 Å². The van der Waals surface area contributed by atoms with Crippen molar-refractivity contribution in [1.29, 1.82) is 0 Å². The molecule has 1 aliphatic heterocycles. The molecular weight excluding hydrogens is 262 g/mol. The molecule has 1 fully saturated rings. The molecule has 1 saturated heterocycles. The minimum absolute atomic E-state index is 0.0566. The molecule has 0 spiro atoms. The van der Waals surface area contributed by atoms with Gasteiger partial charge in [0.25, 0.3) is 0 Å². The van der Waals surface area contributed by atoms with Gasteiger partial charge in [-0.15, -0.1) is 0 Å². The van der Waals surface area contributed by atoms with E-state index < -0.39 is 23.9 Å². The van der Waals surface area contributed by atoms with E-state index in [9.17, 15) is 14.4 Å². The van der Waals surface area contributed by atoms with Gasteiger partial charge in [0.05, 0.1) is 18.4 Å². The second-order valence-electron chi connectivity index (χ2n) is 4.81. The van der Waals surface area contributed by atoms with E-state index in [2.05, 4.69) is 0 Å². The Labute approximate surface area is 115 Å². The highest BCUT2D eigenvalue weighted by Gasteiger charge is 2.39. The van der Waals surface area contributed by atoms with E-state index in [1.165, 1.54) is 4.90 Å². The Morgan fingerprint density at radius 1 is 1.25 bits per heavy atom. The van der Waals surface area contributed by atoms with Crippen LogP contribution >= 0.6 is 0 Å². The van der Waals surface area contributed by atoms with Crippen molar-refractivity contribution in [3.63, 3.8) is 0 Å². The fraction of sp³-hybridized carbons (Fsp3) is 0.357. The fourth-order valence-corrected chi connectivity index (χ4v) is 2.45. The summed E-state index contributed by atoms with van der Waals surface area (Å²) < 4.78 is 0. The molecule has 1 aliphatic rings. The maximum absolute atomic E-state index is 12.0. The second-order valence-corrected chi connectivity index (χ2v) is 4.81. The second kappa shape index (κ2) is 5.73. The molecule has 1 aromatic carbocycles. The number of carboxylic acid groups (broad SMARTS) is 2. The molecule has 6 heteroatoms. The third-order valence-corrected chi connectivity index (χ3v) is 3.44. The summed E-state index contributed by atoms with van der Waals surface area (Å²) in [6, 6.07) is 8.20. The number of nitrogens with zero attached hydrogens (tertiary/aromatic N) is 1. The van der Waals surface area contributed by atoms with Crippen molar-refractivity contribution in [3.8, 4) is 0 Å².